The lowest BCUT2D eigenvalue weighted by molar-refractivity contribution is -0.161. The van der Waals surface area contributed by atoms with E-state index in [4.69, 9.17) is 9.47 Å². The minimum atomic E-state index is -0.782. The van der Waals surface area contributed by atoms with Gasteiger partial charge >= 0.3 is 11.9 Å². The first-order chi connectivity index (χ1) is 27.6. The first-order valence-corrected chi connectivity index (χ1v) is 22.1. The molecule has 0 aromatic rings. The molecule has 0 heterocycles. The van der Waals surface area contributed by atoms with E-state index in [0.29, 0.717) is 12.8 Å². The van der Waals surface area contributed by atoms with Gasteiger partial charge in [0.15, 0.2) is 6.10 Å². The van der Waals surface area contributed by atoms with Crippen LogP contribution >= 0.6 is 0 Å². The maximum absolute atomic E-state index is 12.1. The number of ether oxygens (including phenoxy) is 2. The van der Waals surface area contributed by atoms with Gasteiger partial charge in [-0.2, -0.15) is 0 Å². The summed E-state index contributed by atoms with van der Waals surface area (Å²) in [5, 5.41) is 9.48. The third-order valence-corrected chi connectivity index (χ3v) is 8.77. The second-order valence-corrected chi connectivity index (χ2v) is 14.0. The maximum atomic E-state index is 12.1. The van der Waals surface area contributed by atoms with Crippen LogP contribution in [0.15, 0.2) is 122 Å². The Hall–Kier alpha value is -3.70. The van der Waals surface area contributed by atoms with E-state index in [1.54, 1.807) is 0 Å². The van der Waals surface area contributed by atoms with Gasteiger partial charge in [0.2, 0.25) is 0 Å². The molecule has 5 nitrogen and oxygen atoms in total. The van der Waals surface area contributed by atoms with E-state index in [-0.39, 0.29) is 25.2 Å². The van der Waals surface area contributed by atoms with Crippen molar-refractivity contribution in [2.75, 3.05) is 13.2 Å². The molecule has 56 heavy (non-hydrogen) atoms. The molecular formula is C51H80O5. The van der Waals surface area contributed by atoms with Crippen LogP contribution in [0.5, 0.6) is 0 Å². The Morgan fingerprint density at radius 3 is 1.16 bits per heavy atom. The summed E-state index contributed by atoms with van der Waals surface area (Å²) in [7, 11) is 0. The number of hydrogen-bond donors (Lipinski definition) is 1. The van der Waals surface area contributed by atoms with Gasteiger partial charge in [-0.15, -0.1) is 0 Å². The SMILES string of the molecule is CC/C=C\C/C=C\C/C=C\C/C=C\C/C=C\C/C=C\C/C=C\C/C=C\C/C=C\C/C=C\CCCCCCCCC(=O)OC(CO)COC(=O)CCCCCCC. The Morgan fingerprint density at radius 1 is 0.429 bits per heavy atom. The average molecular weight is 773 g/mol. The molecule has 1 N–H and O–H groups in total. The summed E-state index contributed by atoms with van der Waals surface area (Å²) in [6.07, 6.45) is 67.5. The third-order valence-electron chi connectivity index (χ3n) is 8.77. The second-order valence-electron chi connectivity index (χ2n) is 14.0. The zero-order valence-electron chi connectivity index (χ0n) is 35.6. The van der Waals surface area contributed by atoms with E-state index in [1.807, 2.05) is 0 Å². The van der Waals surface area contributed by atoms with Crippen LogP contribution in [0.1, 0.15) is 168 Å². The number of aliphatic hydroxyl groups is 1. The summed E-state index contributed by atoms with van der Waals surface area (Å²) in [4.78, 5) is 24.0. The highest BCUT2D eigenvalue weighted by molar-refractivity contribution is 5.70. The summed E-state index contributed by atoms with van der Waals surface area (Å²) < 4.78 is 10.5. The predicted octanol–water partition coefficient (Wildman–Crippen LogP) is 14.4. The zero-order valence-corrected chi connectivity index (χ0v) is 35.6. The number of rotatable bonds is 38. The number of carbonyl (C=O) groups excluding carboxylic acids is 2. The van der Waals surface area contributed by atoms with Crippen molar-refractivity contribution in [2.45, 2.75) is 174 Å². The first kappa shape index (κ1) is 52.3. The fourth-order valence-corrected chi connectivity index (χ4v) is 5.46. The molecule has 0 spiro atoms. The molecule has 0 saturated heterocycles. The van der Waals surface area contributed by atoms with E-state index in [9.17, 15) is 14.7 Å². The topological polar surface area (TPSA) is 72.8 Å². The van der Waals surface area contributed by atoms with E-state index in [2.05, 4.69) is 135 Å². The Kier molecular flexibility index (Phi) is 42.7. The second kappa shape index (κ2) is 45.7. The van der Waals surface area contributed by atoms with Crippen LogP contribution < -0.4 is 0 Å². The molecule has 314 valence electrons. The van der Waals surface area contributed by atoms with E-state index >= 15 is 0 Å². The Balaban J connectivity index is 3.64. The van der Waals surface area contributed by atoms with Gasteiger partial charge in [-0.3, -0.25) is 9.59 Å². The fourth-order valence-electron chi connectivity index (χ4n) is 5.46. The zero-order chi connectivity index (χ0) is 40.7. The largest absolute Gasteiger partial charge is 0.462 e. The van der Waals surface area contributed by atoms with Crippen LogP contribution in [0.25, 0.3) is 0 Å². The number of allylic oxidation sites excluding steroid dienone is 20. The predicted molar refractivity (Wildman–Crippen MR) is 241 cm³/mol. The number of carbonyl (C=O) groups is 2. The smallest absolute Gasteiger partial charge is 0.306 e. The van der Waals surface area contributed by atoms with Crippen LogP contribution in [0.3, 0.4) is 0 Å². The monoisotopic (exact) mass is 773 g/mol. The van der Waals surface area contributed by atoms with Crippen LogP contribution in [0.2, 0.25) is 0 Å². The molecule has 0 aliphatic carbocycles. The molecule has 0 aromatic carbocycles. The van der Waals surface area contributed by atoms with E-state index in [0.717, 1.165) is 116 Å². The quantitative estimate of drug-likeness (QED) is 0.0384. The van der Waals surface area contributed by atoms with Crippen molar-refractivity contribution in [3.05, 3.63) is 122 Å². The van der Waals surface area contributed by atoms with Crippen molar-refractivity contribution in [1.29, 1.82) is 0 Å². The van der Waals surface area contributed by atoms with Crippen LogP contribution in [-0.4, -0.2) is 36.4 Å². The van der Waals surface area contributed by atoms with Crippen LogP contribution in [-0.2, 0) is 19.1 Å². The van der Waals surface area contributed by atoms with Crippen LogP contribution in [0.4, 0.5) is 0 Å². The highest BCUT2D eigenvalue weighted by Gasteiger charge is 2.16. The lowest BCUT2D eigenvalue weighted by Gasteiger charge is -2.15. The van der Waals surface area contributed by atoms with Gasteiger partial charge in [-0.25, -0.2) is 0 Å². The average Bonchev–Trinajstić information content (AvgIpc) is 3.20. The lowest BCUT2D eigenvalue weighted by atomic mass is 10.1. The van der Waals surface area contributed by atoms with Gasteiger partial charge in [0.1, 0.15) is 6.61 Å². The Morgan fingerprint density at radius 2 is 0.768 bits per heavy atom. The lowest BCUT2D eigenvalue weighted by Crippen LogP contribution is -2.28. The summed E-state index contributed by atoms with van der Waals surface area (Å²) >= 11 is 0. The van der Waals surface area contributed by atoms with Gasteiger partial charge in [0.05, 0.1) is 6.61 Å². The summed E-state index contributed by atoms with van der Waals surface area (Å²) in [6, 6.07) is 0. The first-order valence-electron chi connectivity index (χ1n) is 22.1. The molecule has 0 aliphatic heterocycles. The van der Waals surface area contributed by atoms with Gasteiger partial charge in [-0.1, -0.05) is 187 Å². The fraction of sp³-hybridized carbons (Fsp3) is 0.569. The highest BCUT2D eigenvalue weighted by Crippen LogP contribution is 2.11. The molecule has 0 aromatic heterocycles. The van der Waals surface area contributed by atoms with Crippen molar-refractivity contribution in [2.24, 2.45) is 0 Å². The minimum Gasteiger partial charge on any atom is -0.462 e. The molecular weight excluding hydrogens is 693 g/mol. The van der Waals surface area contributed by atoms with Gasteiger partial charge in [0, 0.05) is 12.8 Å². The van der Waals surface area contributed by atoms with Gasteiger partial charge < -0.3 is 14.6 Å². The van der Waals surface area contributed by atoms with E-state index in [1.165, 1.54) is 25.7 Å². The molecule has 0 rings (SSSR count). The standard InChI is InChI=1S/C51H80O5/c1-3-5-7-9-10-11-12-13-14-15-16-17-18-19-20-21-22-23-24-25-26-27-28-29-30-31-32-33-34-35-36-37-38-39-40-42-44-46-51(54)56-49(47-52)48-55-50(53)45-43-41-8-6-4-2/h5,7,10-11,13-14,16-17,19-20,22-23,25-26,28-29,31-32,34-35,49,52H,3-4,6,8-9,12,15,18,21,24,27,30,33,36-48H2,1-2H3/b7-5-,11-10-,14-13-,17-16-,20-19-,23-22-,26-25-,29-28-,32-31-,35-34-. The Labute approximate surface area is 343 Å². The molecule has 1 unspecified atom stereocenters. The molecule has 0 amide bonds. The molecule has 0 saturated carbocycles. The number of aliphatic hydroxyl groups excluding tert-OH is 1. The molecule has 0 bridgehead atoms. The summed E-state index contributed by atoms with van der Waals surface area (Å²) in [6.45, 7) is 3.89. The maximum Gasteiger partial charge on any atom is 0.306 e. The molecule has 0 radical (unpaired) electrons. The van der Waals surface area contributed by atoms with Crippen molar-refractivity contribution < 1.29 is 24.2 Å². The van der Waals surface area contributed by atoms with Gasteiger partial charge in [0.25, 0.3) is 0 Å². The number of hydrogen-bond acceptors (Lipinski definition) is 5. The number of unbranched alkanes of at least 4 members (excludes halogenated alkanes) is 10. The van der Waals surface area contributed by atoms with E-state index < -0.39 is 6.10 Å². The molecule has 1 atom stereocenters. The van der Waals surface area contributed by atoms with Gasteiger partial charge in [-0.05, 0) is 89.9 Å². The normalized spacial score (nSPS) is 13.4. The molecule has 0 fully saturated rings. The Bertz CT molecular complexity index is 1190. The van der Waals surface area contributed by atoms with Crippen molar-refractivity contribution in [3.8, 4) is 0 Å². The summed E-state index contributed by atoms with van der Waals surface area (Å²) in [5.41, 5.74) is 0. The minimum absolute atomic E-state index is 0.0795. The highest BCUT2D eigenvalue weighted by atomic mass is 16.6. The molecule has 0 aliphatic rings. The third kappa shape index (κ3) is 43.0. The summed E-state index contributed by atoms with van der Waals surface area (Å²) in [5.74, 6) is -0.633. The van der Waals surface area contributed by atoms with Crippen molar-refractivity contribution in [1.82, 2.24) is 0 Å². The molecule has 5 heteroatoms. The van der Waals surface area contributed by atoms with Crippen molar-refractivity contribution >= 4 is 11.9 Å². The van der Waals surface area contributed by atoms with Crippen molar-refractivity contribution in [3.63, 3.8) is 0 Å². The van der Waals surface area contributed by atoms with Crippen LogP contribution in [0, 0.1) is 0 Å². The number of esters is 2.